The molecule has 0 bridgehead atoms. The van der Waals surface area contributed by atoms with Gasteiger partial charge in [-0.25, -0.2) is 0 Å². The first-order chi connectivity index (χ1) is 20.8. The summed E-state index contributed by atoms with van der Waals surface area (Å²) in [6, 6.07) is 0. The molecule has 0 saturated heterocycles. The van der Waals surface area contributed by atoms with Crippen LogP contribution in [-0.2, 0) is 0 Å². The number of rotatable bonds is 26. The zero-order valence-corrected chi connectivity index (χ0v) is 40.3. The van der Waals surface area contributed by atoms with Crippen LogP contribution in [0.3, 0.4) is 0 Å². The van der Waals surface area contributed by atoms with Crippen molar-refractivity contribution in [3.05, 3.63) is 0 Å². The van der Waals surface area contributed by atoms with Crippen LogP contribution in [0.5, 0.6) is 0 Å². The fourth-order valence-electron chi connectivity index (χ4n) is 5.51. The molecule has 1 aliphatic rings. The molecule has 11 unspecified atom stereocenters. The number of thiol groups is 14. The molecule has 0 heterocycles. The summed E-state index contributed by atoms with van der Waals surface area (Å²) in [6.07, 6.45) is 6.76. The summed E-state index contributed by atoms with van der Waals surface area (Å²) in [5, 5.41) is 5.76. The average molecular weight is 942 g/mol. The van der Waals surface area contributed by atoms with Gasteiger partial charge in [0.15, 0.2) is 0 Å². The first-order valence-electron chi connectivity index (χ1n) is 14.4. The Kier molecular flexibility index (Phi) is 29.6. The Labute approximate surface area is 364 Å². The zero-order chi connectivity index (χ0) is 33.4. The SMILES string of the molecule is SCSC(CC(SCS)C(S)CC(S)C(CC(SCS)C(S)CC(S)C(CC1(S)CC(S)C1)C(S)CS)SCS)C(S)CS. The van der Waals surface area contributed by atoms with E-state index in [1.54, 1.807) is 0 Å². The fraction of sp³-hybridized carbons (Fsp3) is 1.00. The van der Waals surface area contributed by atoms with Crippen LogP contribution in [0.1, 0.15) is 44.9 Å². The smallest absolute Gasteiger partial charge is 0.0365 e. The lowest BCUT2D eigenvalue weighted by molar-refractivity contribution is 0.292. The summed E-state index contributed by atoms with van der Waals surface area (Å²) < 4.78 is 0.0133. The number of hydrogen-bond acceptors (Lipinski definition) is 18. The molecule has 0 N–H and O–H groups in total. The van der Waals surface area contributed by atoms with E-state index in [4.69, 9.17) is 88.4 Å². The van der Waals surface area contributed by atoms with Gasteiger partial charge in [-0.15, -0.1) is 47.0 Å². The quantitative estimate of drug-likeness (QED) is 0.0309. The highest BCUT2D eigenvalue weighted by atomic mass is 32.2. The molecule has 18 heteroatoms. The lowest BCUT2D eigenvalue weighted by Crippen LogP contribution is -2.45. The van der Waals surface area contributed by atoms with Crippen LogP contribution in [-0.4, -0.2) is 94.3 Å². The van der Waals surface area contributed by atoms with Crippen LogP contribution < -0.4 is 0 Å². The van der Waals surface area contributed by atoms with Gasteiger partial charge >= 0.3 is 0 Å². The molecule has 1 rings (SSSR count). The normalized spacial score (nSPS) is 26.5. The minimum atomic E-state index is 0.0133. The topological polar surface area (TPSA) is 0 Å². The van der Waals surface area contributed by atoms with Gasteiger partial charge in [0.05, 0.1) is 0 Å². The third-order valence-corrected chi connectivity index (χ3v) is 20.7. The Morgan fingerprint density at radius 1 is 0.500 bits per heavy atom. The summed E-state index contributed by atoms with van der Waals surface area (Å²) in [5.41, 5.74) is 0. The van der Waals surface area contributed by atoms with E-state index in [9.17, 15) is 0 Å². The first kappa shape index (κ1) is 48.3. The van der Waals surface area contributed by atoms with Crippen molar-refractivity contribution in [1.29, 1.82) is 0 Å². The summed E-state index contributed by atoms with van der Waals surface area (Å²) in [6.45, 7) is 0. The second-order valence-corrected chi connectivity index (χ2v) is 25.5. The van der Waals surface area contributed by atoms with E-state index in [2.05, 4.69) is 88.4 Å². The van der Waals surface area contributed by atoms with E-state index in [1.165, 1.54) is 0 Å². The molecule has 44 heavy (non-hydrogen) atoms. The van der Waals surface area contributed by atoms with Gasteiger partial charge in [0, 0.05) is 94.3 Å². The summed E-state index contributed by atoms with van der Waals surface area (Å²) in [4.78, 5) is 0. The molecular weight excluding hydrogens is 889 g/mol. The molecule has 0 nitrogen and oxygen atoms in total. The van der Waals surface area contributed by atoms with Gasteiger partial charge in [-0.2, -0.15) is 177 Å². The molecule has 1 fully saturated rings. The van der Waals surface area contributed by atoms with E-state index in [1.807, 2.05) is 47.0 Å². The van der Waals surface area contributed by atoms with Crippen molar-refractivity contribution in [1.82, 2.24) is 0 Å². The van der Waals surface area contributed by atoms with Crippen molar-refractivity contribution in [2.45, 2.75) is 107 Å². The van der Waals surface area contributed by atoms with E-state index >= 15 is 0 Å². The lowest BCUT2D eigenvalue weighted by atomic mass is 9.75. The molecule has 264 valence electrons. The summed E-state index contributed by atoms with van der Waals surface area (Å²) in [7, 11) is 0. The molecule has 1 aliphatic carbocycles. The molecule has 0 radical (unpaired) electrons. The highest BCUT2D eigenvalue weighted by Crippen LogP contribution is 2.48. The van der Waals surface area contributed by atoms with Gasteiger partial charge in [-0.3, -0.25) is 0 Å². The maximum atomic E-state index is 5.20. The third kappa shape index (κ3) is 18.1. The largest absolute Gasteiger partial charge is 0.178 e. The molecular formula is C26H52S18. The van der Waals surface area contributed by atoms with Crippen molar-refractivity contribution in [3.63, 3.8) is 0 Å². The van der Waals surface area contributed by atoms with Crippen LogP contribution >= 0.6 is 224 Å². The Hall–Kier alpha value is 6.30. The van der Waals surface area contributed by atoms with Crippen LogP contribution in [0.2, 0.25) is 0 Å². The highest BCUT2D eigenvalue weighted by Gasteiger charge is 2.43. The molecule has 0 aromatic rings. The fourth-order valence-corrected chi connectivity index (χ4v) is 17.3. The minimum Gasteiger partial charge on any atom is -0.178 e. The first-order valence-corrected chi connectivity index (χ1v) is 26.4. The van der Waals surface area contributed by atoms with Gasteiger partial charge < -0.3 is 0 Å². The van der Waals surface area contributed by atoms with Crippen LogP contribution in [0.15, 0.2) is 0 Å². The molecule has 0 aliphatic heterocycles. The van der Waals surface area contributed by atoms with E-state index in [0.717, 1.165) is 71.0 Å². The van der Waals surface area contributed by atoms with Crippen LogP contribution in [0.25, 0.3) is 0 Å². The molecule has 1 saturated carbocycles. The molecule has 0 spiro atoms. The van der Waals surface area contributed by atoms with Gasteiger partial charge in [-0.05, 0) is 50.9 Å². The Morgan fingerprint density at radius 3 is 1.16 bits per heavy atom. The van der Waals surface area contributed by atoms with Crippen LogP contribution in [0.4, 0.5) is 0 Å². The molecule has 0 aromatic heterocycles. The average Bonchev–Trinajstić information content (AvgIpc) is 2.96. The maximum Gasteiger partial charge on any atom is 0.0365 e. The predicted molar refractivity (Wildman–Crippen MR) is 266 cm³/mol. The van der Waals surface area contributed by atoms with Crippen molar-refractivity contribution in [2.75, 3.05) is 31.8 Å². The van der Waals surface area contributed by atoms with E-state index in [0.29, 0.717) is 37.9 Å². The predicted octanol–water partition coefficient (Wildman–Crippen LogP) is 9.92. The van der Waals surface area contributed by atoms with E-state index < -0.39 is 0 Å². The van der Waals surface area contributed by atoms with Gasteiger partial charge in [0.25, 0.3) is 0 Å². The second-order valence-electron chi connectivity index (χ2n) is 11.2. The van der Waals surface area contributed by atoms with Gasteiger partial charge in [-0.1, -0.05) is 0 Å². The summed E-state index contributed by atoms with van der Waals surface area (Å²) >= 11 is 74.9. The third-order valence-electron chi connectivity index (χ3n) is 7.98. The van der Waals surface area contributed by atoms with Crippen molar-refractivity contribution in [2.24, 2.45) is 5.92 Å². The molecule has 11 atom stereocenters. The van der Waals surface area contributed by atoms with Crippen LogP contribution in [0, 0.1) is 5.92 Å². The van der Waals surface area contributed by atoms with Crippen molar-refractivity contribution < 1.29 is 0 Å². The van der Waals surface area contributed by atoms with Crippen molar-refractivity contribution in [3.8, 4) is 0 Å². The molecule has 0 amide bonds. The number of thioether (sulfide) groups is 4. The Bertz CT molecular complexity index is 729. The Balaban J connectivity index is 2.98. The standard InChI is InChI=1S/C26H52S18/c27-8-20(38)15(7-26(40)5-14(33)6-26)16(34)1-17(35)22(41-10-29)3-23(42-11-30)18(36)2-19(37)24(43-12-31)4-25(44-13-32)21(39)9-28/h14-25,27-40H,1-13H2. The highest BCUT2D eigenvalue weighted by molar-refractivity contribution is 8.11. The van der Waals surface area contributed by atoms with E-state index in [-0.39, 0.29) is 36.2 Å². The summed E-state index contributed by atoms with van der Waals surface area (Å²) in [5.74, 6) is 1.74. The Morgan fingerprint density at radius 2 is 0.841 bits per heavy atom. The number of hydrogen-bond donors (Lipinski definition) is 14. The molecule has 0 aromatic carbocycles. The van der Waals surface area contributed by atoms with Crippen molar-refractivity contribution >= 4 is 224 Å². The minimum absolute atomic E-state index is 0.0133. The lowest BCUT2D eigenvalue weighted by Gasteiger charge is -2.46. The zero-order valence-electron chi connectivity index (χ0n) is 24.5. The van der Waals surface area contributed by atoms with Gasteiger partial charge in [0.2, 0.25) is 0 Å². The van der Waals surface area contributed by atoms with Gasteiger partial charge in [0.1, 0.15) is 0 Å². The maximum absolute atomic E-state index is 5.20. The monoisotopic (exact) mass is 940 g/mol. The second kappa shape index (κ2) is 27.0.